The smallest absolute Gasteiger partial charge is 0.313 e. The highest BCUT2D eigenvalue weighted by molar-refractivity contribution is 9.09. The van der Waals surface area contributed by atoms with Gasteiger partial charge in [0.15, 0.2) is 0 Å². The molecule has 0 aromatic heterocycles. The van der Waals surface area contributed by atoms with E-state index in [1.807, 2.05) is 79.7 Å². The Balaban J connectivity index is 1.37. The average Bonchev–Trinajstić information content (AvgIpc) is 3.75. The molecular weight excluding hydrogens is 726 g/mol. The van der Waals surface area contributed by atoms with E-state index in [-0.39, 0.29) is 36.2 Å². The van der Waals surface area contributed by atoms with Gasteiger partial charge < -0.3 is 29.7 Å². The van der Waals surface area contributed by atoms with Crippen LogP contribution in [0, 0.1) is 11.8 Å². The number of hydrogen-bond donors (Lipinski definition) is 2. The number of carbonyl (C=O) groups is 4. The van der Waals surface area contributed by atoms with E-state index in [0.29, 0.717) is 30.5 Å². The third-order valence-corrected chi connectivity index (χ3v) is 11.6. The number of likely N-dealkylation sites (tertiary alicyclic amines) is 1. The first-order valence-electron chi connectivity index (χ1n) is 17.9. The number of fused-ring (bicyclic) bond motifs is 2. The molecule has 2 bridgehead atoms. The molecule has 6 rings (SSSR count). The summed E-state index contributed by atoms with van der Waals surface area (Å²) in [6, 6.07) is 20.3. The molecule has 3 aliphatic rings. The minimum atomic E-state index is -1.37. The summed E-state index contributed by atoms with van der Waals surface area (Å²) in [6.45, 7) is 11.0. The van der Waals surface area contributed by atoms with Crippen LogP contribution in [-0.4, -0.2) is 81.5 Å². The van der Waals surface area contributed by atoms with E-state index < -0.39 is 59.6 Å². The summed E-state index contributed by atoms with van der Waals surface area (Å²) < 4.78 is 13.0. The van der Waals surface area contributed by atoms with Crippen LogP contribution >= 0.6 is 15.9 Å². The molecule has 52 heavy (non-hydrogen) atoms. The van der Waals surface area contributed by atoms with Crippen molar-refractivity contribution in [3.8, 4) is 0 Å². The van der Waals surface area contributed by atoms with Crippen molar-refractivity contribution in [1.29, 1.82) is 0 Å². The Labute approximate surface area is 313 Å². The number of benzene rings is 3. The van der Waals surface area contributed by atoms with Gasteiger partial charge in [0, 0.05) is 23.5 Å². The first-order chi connectivity index (χ1) is 25.1. The summed E-state index contributed by atoms with van der Waals surface area (Å²) in [7, 11) is 0. The summed E-state index contributed by atoms with van der Waals surface area (Å²) in [4.78, 5) is 59.7. The summed E-state index contributed by atoms with van der Waals surface area (Å²) in [6.07, 6.45) is 3.09. The predicted molar refractivity (Wildman–Crippen MR) is 203 cm³/mol. The number of carbonyl (C=O) groups excluding carboxylic acids is 4. The molecule has 11 heteroatoms. The fraction of sp³-hybridized carbons (Fsp3) is 0.415. The molecular formula is C41H46BrN3O7. The van der Waals surface area contributed by atoms with Crippen LogP contribution in [0.25, 0.3) is 10.8 Å². The van der Waals surface area contributed by atoms with Gasteiger partial charge in [-0.05, 0) is 54.7 Å². The van der Waals surface area contributed by atoms with Crippen LogP contribution < -0.4 is 10.2 Å². The summed E-state index contributed by atoms with van der Waals surface area (Å²) in [5.74, 6) is -3.76. The molecule has 3 heterocycles. The van der Waals surface area contributed by atoms with Crippen LogP contribution in [0.2, 0.25) is 0 Å². The van der Waals surface area contributed by atoms with Gasteiger partial charge in [-0.15, -0.1) is 13.2 Å². The second-order valence-corrected chi connectivity index (χ2v) is 15.1. The topological polar surface area (TPSA) is 125 Å². The number of anilines is 1. The molecule has 10 nitrogen and oxygen atoms in total. The zero-order chi connectivity index (χ0) is 37.2. The highest BCUT2D eigenvalue weighted by atomic mass is 79.9. The van der Waals surface area contributed by atoms with Crippen molar-refractivity contribution in [3.05, 3.63) is 104 Å². The highest BCUT2D eigenvalue weighted by Crippen LogP contribution is 2.61. The van der Waals surface area contributed by atoms with Gasteiger partial charge in [-0.3, -0.25) is 19.2 Å². The average molecular weight is 773 g/mol. The van der Waals surface area contributed by atoms with Crippen LogP contribution in [0.5, 0.6) is 0 Å². The van der Waals surface area contributed by atoms with Gasteiger partial charge in [0.05, 0.1) is 36.6 Å². The zero-order valence-corrected chi connectivity index (χ0v) is 31.1. The molecule has 274 valence electrons. The Kier molecular flexibility index (Phi) is 11.3. The molecule has 3 aromatic carbocycles. The number of halogens is 1. The van der Waals surface area contributed by atoms with Gasteiger partial charge in [-0.1, -0.05) is 95.7 Å². The zero-order valence-electron chi connectivity index (χ0n) is 29.5. The molecule has 0 radical (unpaired) electrons. The summed E-state index contributed by atoms with van der Waals surface area (Å²) in [5.41, 5.74) is -0.0696. The number of aliphatic hydroxyl groups is 1. The largest absolute Gasteiger partial charge is 0.455 e. The van der Waals surface area contributed by atoms with Gasteiger partial charge >= 0.3 is 5.97 Å². The van der Waals surface area contributed by atoms with Crippen molar-refractivity contribution in [2.45, 2.75) is 80.3 Å². The third kappa shape index (κ3) is 6.70. The van der Waals surface area contributed by atoms with Crippen LogP contribution in [0.3, 0.4) is 0 Å². The normalized spacial score (nSPS) is 26.3. The first-order valence-corrected chi connectivity index (χ1v) is 18.8. The first kappa shape index (κ1) is 37.4. The van der Waals surface area contributed by atoms with Crippen molar-refractivity contribution < 1.29 is 33.8 Å². The van der Waals surface area contributed by atoms with Crippen molar-refractivity contribution in [2.24, 2.45) is 11.8 Å². The van der Waals surface area contributed by atoms with Gasteiger partial charge in [0.1, 0.15) is 17.7 Å². The molecule has 3 fully saturated rings. The van der Waals surface area contributed by atoms with Crippen LogP contribution in [0.4, 0.5) is 5.69 Å². The lowest BCUT2D eigenvalue weighted by Gasteiger charge is -2.39. The molecule has 2 N–H and O–H groups in total. The maximum Gasteiger partial charge on any atom is 0.313 e. The number of hydrogen-bond acceptors (Lipinski definition) is 7. The Bertz CT molecular complexity index is 1830. The van der Waals surface area contributed by atoms with Crippen LogP contribution in [0.15, 0.2) is 98.1 Å². The Morgan fingerprint density at radius 2 is 1.81 bits per heavy atom. The number of allylic oxidation sites excluding steroid dienone is 1. The van der Waals surface area contributed by atoms with Crippen molar-refractivity contribution >= 4 is 56.1 Å². The van der Waals surface area contributed by atoms with E-state index in [1.165, 1.54) is 4.90 Å². The fourth-order valence-electron chi connectivity index (χ4n) is 8.31. The lowest BCUT2D eigenvalue weighted by atomic mass is 9.70. The number of nitrogens with one attached hydrogen (secondary N) is 1. The maximum atomic E-state index is 15.0. The van der Waals surface area contributed by atoms with E-state index >= 15 is 4.79 Å². The number of esters is 1. The second kappa shape index (κ2) is 15.7. The minimum Gasteiger partial charge on any atom is -0.455 e. The van der Waals surface area contributed by atoms with Crippen molar-refractivity contribution in [1.82, 2.24) is 10.2 Å². The number of nitrogens with zero attached hydrogens (tertiary/aromatic N) is 2. The van der Waals surface area contributed by atoms with E-state index in [0.717, 1.165) is 10.8 Å². The highest BCUT2D eigenvalue weighted by Gasteiger charge is 2.77. The Hall–Kier alpha value is -4.32. The Morgan fingerprint density at radius 1 is 1.10 bits per heavy atom. The third-order valence-electron chi connectivity index (χ3n) is 10.7. The van der Waals surface area contributed by atoms with E-state index in [1.54, 1.807) is 24.0 Å². The van der Waals surface area contributed by atoms with Gasteiger partial charge in [0.2, 0.25) is 11.8 Å². The number of rotatable bonds is 15. The molecule has 3 amide bonds. The number of aliphatic hydroxyl groups excluding tert-OH is 1. The molecule has 1 spiro atoms. The second-order valence-electron chi connectivity index (χ2n) is 13.9. The van der Waals surface area contributed by atoms with Crippen molar-refractivity contribution in [2.75, 3.05) is 18.1 Å². The fourth-order valence-corrected chi connectivity index (χ4v) is 9.25. The standard InChI is InChI=1S/C41H46BrN3O7/c1-5-8-18-32(47)43-25(4)35(27-15-10-9-11-16-27)51-40(50)33-34-38(48)45(29(7-3)24-46)37(41(34)23-31(42)36(33)52-41)39(49)44(21-6-2)30-20-19-26-14-12-13-17-28(26)22-30/h5-6,9-17,19-20,22,25,29,31,33-37,46H,1-2,7-8,18,21,23-24H2,3-4H3,(H,43,47)/t25-,29+,31?,33-,34+,35-,36-,37-,41+/m1/s1. The van der Waals surface area contributed by atoms with E-state index in [2.05, 4.69) is 34.4 Å². The molecule has 1 unspecified atom stereocenters. The number of alkyl halides is 1. The molecule has 0 aliphatic carbocycles. The molecule has 3 aromatic rings. The summed E-state index contributed by atoms with van der Waals surface area (Å²) in [5, 5.41) is 15.5. The summed E-state index contributed by atoms with van der Waals surface area (Å²) >= 11 is 3.74. The van der Waals surface area contributed by atoms with Gasteiger partial charge in [-0.2, -0.15) is 0 Å². The SMILES string of the molecule is C=CCCC(=O)N[C@H](C)[C@@H](OC(=O)[C@H]1[C@@H]2O[C@@]3(CC2Br)[C@@H]1C(=O)N([C@@H](CC)CO)[C@@H]3C(=O)N(CC=C)c1ccc2ccccc2c1)c1ccccc1. The van der Waals surface area contributed by atoms with Crippen LogP contribution in [-0.2, 0) is 28.7 Å². The van der Waals surface area contributed by atoms with E-state index in [9.17, 15) is 19.5 Å². The predicted octanol–water partition coefficient (Wildman–Crippen LogP) is 5.63. The molecule has 3 aliphatic heterocycles. The quantitative estimate of drug-likeness (QED) is 0.117. The van der Waals surface area contributed by atoms with Gasteiger partial charge in [0.25, 0.3) is 5.91 Å². The molecule has 0 saturated carbocycles. The minimum absolute atomic E-state index is 0.161. The molecule has 9 atom stereocenters. The lowest BCUT2D eigenvalue weighted by Crippen LogP contribution is -2.59. The van der Waals surface area contributed by atoms with E-state index in [4.69, 9.17) is 9.47 Å². The van der Waals surface area contributed by atoms with Crippen molar-refractivity contribution in [3.63, 3.8) is 0 Å². The van der Waals surface area contributed by atoms with Crippen LogP contribution in [0.1, 0.15) is 51.2 Å². The Morgan fingerprint density at radius 3 is 2.48 bits per heavy atom. The molecule has 3 saturated heterocycles. The number of ether oxygens (including phenoxy) is 2. The van der Waals surface area contributed by atoms with Gasteiger partial charge in [-0.25, -0.2) is 0 Å². The monoisotopic (exact) mass is 771 g/mol. The maximum absolute atomic E-state index is 15.0. The lowest BCUT2D eigenvalue weighted by molar-refractivity contribution is -0.162. The number of amides is 3.